The molecule has 2 aromatic rings. The molecular weight excluding hydrogens is 404 g/mol. The number of nitrogens with one attached hydrogen (secondary N) is 1. The van der Waals surface area contributed by atoms with Crippen LogP contribution in [0.4, 0.5) is 5.69 Å². The maximum Gasteiger partial charge on any atom is 0.241 e. The molecule has 7 nitrogen and oxygen atoms in total. The highest BCUT2D eigenvalue weighted by Gasteiger charge is 2.67. The van der Waals surface area contributed by atoms with Crippen molar-refractivity contribution in [3.05, 3.63) is 72.3 Å². The molecule has 3 aliphatic rings. The molecule has 30 heavy (non-hydrogen) atoms. The molecule has 0 radical (unpaired) electrons. The molecule has 1 N–H and O–H groups in total. The molecule has 3 heterocycles. The fourth-order valence-corrected chi connectivity index (χ4v) is 5.62. The highest BCUT2D eigenvalue weighted by Crippen LogP contribution is 2.52. The molecule has 0 spiro atoms. The second-order valence-electron chi connectivity index (χ2n) is 7.89. The van der Waals surface area contributed by atoms with E-state index in [0.29, 0.717) is 5.69 Å². The molecular formula is C22H20N2O5S. The van der Waals surface area contributed by atoms with Crippen molar-refractivity contribution >= 4 is 27.5 Å². The highest BCUT2D eigenvalue weighted by atomic mass is 32.2. The van der Waals surface area contributed by atoms with E-state index < -0.39 is 33.6 Å². The predicted octanol–water partition coefficient (Wildman–Crippen LogP) is 1.79. The first-order valence-corrected chi connectivity index (χ1v) is 11.2. The fraction of sp³-hybridized carbons (Fsp3) is 0.273. The van der Waals surface area contributed by atoms with Gasteiger partial charge in [0.1, 0.15) is 5.60 Å². The summed E-state index contributed by atoms with van der Waals surface area (Å²) in [5, 5.41) is 0. The molecule has 0 unspecified atom stereocenters. The van der Waals surface area contributed by atoms with Gasteiger partial charge in [-0.2, -0.15) is 0 Å². The number of fused-ring (bicyclic) bond motifs is 5. The number of aryl methyl sites for hydroxylation is 1. The minimum Gasteiger partial charge on any atom is -0.361 e. The van der Waals surface area contributed by atoms with Gasteiger partial charge in [0.25, 0.3) is 0 Å². The van der Waals surface area contributed by atoms with Crippen molar-refractivity contribution in [1.82, 2.24) is 4.72 Å². The summed E-state index contributed by atoms with van der Waals surface area (Å²) < 4.78 is 34.1. The largest absolute Gasteiger partial charge is 0.361 e. The summed E-state index contributed by atoms with van der Waals surface area (Å²) in [4.78, 5) is 27.6. The summed E-state index contributed by atoms with van der Waals surface area (Å²) in [6.45, 7) is 1.75. The van der Waals surface area contributed by atoms with E-state index in [2.05, 4.69) is 4.72 Å². The van der Waals surface area contributed by atoms with E-state index in [-0.39, 0.29) is 23.3 Å². The highest BCUT2D eigenvalue weighted by molar-refractivity contribution is 7.89. The molecule has 2 amide bonds. The lowest BCUT2D eigenvalue weighted by Crippen LogP contribution is -2.48. The van der Waals surface area contributed by atoms with Crippen LogP contribution in [0.5, 0.6) is 0 Å². The van der Waals surface area contributed by atoms with Gasteiger partial charge in [0, 0.05) is 6.54 Å². The Morgan fingerprint density at radius 2 is 1.73 bits per heavy atom. The Kier molecular flexibility index (Phi) is 4.22. The zero-order chi connectivity index (χ0) is 21.1. The van der Waals surface area contributed by atoms with Gasteiger partial charge in [0.2, 0.25) is 21.8 Å². The number of anilines is 1. The Morgan fingerprint density at radius 3 is 2.43 bits per heavy atom. The maximum absolute atomic E-state index is 13.2. The second-order valence-corrected chi connectivity index (χ2v) is 9.65. The van der Waals surface area contributed by atoms with Gasteiger partial charge in [0.15, 0.2) is 0 Å². The van der Waals surface area contributed by atoms with Crippen LogP contribution in [0.15, 0.2) is 71.6 Å². The van der Waals surface area contributed by atoms with Crippen LogP contribution in [0.3, 0.4) is 0 Å². The van der Waals surface area contributed by atoms with Crippen molar-refractivity contribution in [2.24, 2.45) is 11.8 Å². The van der Waals surface area contributed by atoms with Crippen molar-refractivity contribution < 1.29 is 22.7 Å². The van der Waals surface area contributed by atoms with E-state index in [4.69, 9.17) is 4.74 Å². The lowest BCUT2D eigenvalue weighted by atomic mass is 9.77. The first kappa shape index (κ1) is 19.2. The number of hydrogen-bond acceptors (Lipinski definition) is 5. The zero-order valence-electron chi connectivity index (χ0n) is 16.2. The summed E-state index contributed by atoms with van der Waals surface area (Å²) in [6, 6.07) is 15.3. The quantitative estimate of drug-likeness (QED) is 0.584. The van der Waals surface area contributed by atoms with Crippen LogP contribution in [0, 0.1) is 18.8 Å². The van der Waals surface area contributed by atoms with Crippen LogP contribution < -0.4 is 9.62 Å². The Morgan fingerprint density at radius 1 is 1.03 bits per heavy atom. The second kappa shape index (κ2) is 6.60. The number of carbonyl (C=O) groups excluding carboxylic acids is 2. The average Bonchev–Trinajstić information content (AvgIpc) is 3.38. The Balaban J connectivity index is 1.43. The number of benzene rings is 2. The van der Waals surface area contributed by atoms with Gasteiger partial charge in [-0.15, -0.1) is 0 Å². The van der Waals surface area contributed by atoms with Crippen LogP contribution in [0.1, 0.15) is 5.56 Å². The standard InChI is InChI=1S/C22H20N2O5S/c1-14-7-9-16(10-8-14)30(27,28)23-13-22-12-11-17(29-22)18-19(22)21(26)24(20(18)25)15-5-3-2-4-6-15/h2-12,17-19,23H,13H2,1H3/t17-,18-,19-,22+/m1/s1. The summed E-state index contributed by atoms with van der Waals surface area (Å²) >= 11 is 0. The lowest BCUT2D eigenvalue weighted by Gasteiger charge is -2.29. The number of imide groups is 1. The van der Waals surface area contributed by atoms with Gasteiger partial charge in [-0.3, -0.25) is 9.59 Å². The van der Waals surface area contributed by atoms with Crippen molar-refractivity contribution in [2.75, 3.05) is 11.4 Å². The summed E-state index contributed by atoms with van der Waals surface area (Å²) in [5.41, 5.74) is 0.285. The third-order valence-electron chi connectivity index (χ3n) is 6.04. The first-order valence-electron chi connectivity index (χ1n) is 9.69. The lowest BCUT2D eigenvalue weighted by molar-refractivity contribution is -0.126. The van der Waals surface area contributed by atoms with Crippen molar-refractivity contribution in [2.45, 2.75) is 23.5 Å². The van der Waals surface area contributed by atoms with E-state index >= 15 is 0 Å². The van der Waals surface area contributed by atoms with Gasteiger partial charge in [0.05, 0.1) is 28.5 Å². The maximum atomic E-state index is 13.2. The number of carbonyl (C=O) groups is 2. The molecule has 2 saturated heterocycles. The van der Waals surface area contributed by atoms with Gasteiger partial charge < -0.3 is 4.74 Å². The topological polar surface area (TPSA) is 92.8 Å². The van der Waals surface area contributed by atoms with Gasteiger partial charge in [-0.25, -0.2) is 18.0 Å². The molecule has 5 rings (SSSR count). The summed E-state index contributed by atoms with van der Waals surface area (Å²) in [7, 11) is -3.79. The van der Waals surface area contributed by atoms with Crippen LogP contribution in [-0.4, -0.2) is 38.5 Å². The van der Waals surface area contributed by atoms with Crippen molar-refractivity contribution in [1.29, 1.82) is 0 Å². The predicted molar refractivity (Wildman–Crippen MR) is 109 cm³/mol. The minimum absolute atomic E-state index is 0.126. The minimum atomic E-state index is -3.79. The van der Waals surface area contributed by atoms with Crippen LogP contribution in [0.25, 0.3) is 0 Å². The summed E-state index contributed by atoms with van der Waals surface area (Å²) in [6.07, 6.45) is 2.93. The smallest absolute Gasteiger partial charge is 0.241 e. The van der Waals surface area contributed by atoms with E-state index in [0.717, 1.165) is 5.56 Å². The normalized spacial score (nSPS) is 29.6. The third kappa shape index (κ3) is 2.75. The third-order valence-corrected chi connectivity index (χ3v) is 7.46. The molecule has 2 fully saturated rings. The Bertz CT molecular complexity index is 1160. The zero-order valence-corrected chi connectivity index (χ0v) is 17.0. The molecule has 154 valence electrons. The summed E-state index contributed by atoms with van der Waals surface area (Å²) in [5.74, 6) is -2.08. The molecule has 8 heteroatoms. The number of sulfonamides is 1. The van der Waals surface area contributed by atoms with Crippen LogP contribution in [0.2, 0.25) is 0 Å². The van der Waals surface area contributed by atoms with Gasteiger partial charge in [-0.05, 0) is 31.2 Å². The Labute approximate surface area is 174 Å². The Hall–Kier alpha value is -2.81. The van der Waals surface area contributed by atoms with Gasteiger partial charge >= 0.3 is 0 Å². The molecule has 2 bridgehead atoms. The fourth-order valence-electron chi connectivity index (χ4n) is 4.55. The van der Waals surface area contributed by atoms with E-state index in [1.54, 1.807) is 48.6 Å². The average molecular weight is 424 g/mol. The number of para-hydroxylation sites is 1. The molecule has 0 saturated carbocycles. The molecule has 4 atom stereocenters. The SMILES string of the molecule is Cc1ccc(S(=O)(=O)NC[C@]23C=C[C@@H](O2)[C@H]2C(=O)N(c4ccccc4)C(=O)[C@@H]23)cc1. The van der Waals surface area contributed by atoms with Crippen LogP contribution in [-0.2, 0) is 24.3 Å². The number of ether oxygens (including phenoxy) is 1. The molecule has 3 aliphatic heterocycles. The van der Waals surface area contributed by atoms with Gasteiger partial charge in [-0.1, -0.05) is 48.0 Å². The number of hydrogen-bond donors (Lipinski definition) is 1. The first-order chi connectivity index (χ1) is 14.3. The number of amides is 2. The monoisotopic (exact) mass is 424 g/mol. The number of nitrogens with zero attached hydrogens (tertiary/aromatic N) is 1. The molecule has 2 aromatic carbocycles. The number of rotatable bonds is 5. The van der Waals surface area contributed by atoms with Crippen LogP contribution >= 0.6 is 0 Å². The van der Waals surface area contributed by atoms with E-state index in [1.165, 1.54) is 17.0 Å². The van der Waals surface area contributed by atoms with Crippen molar-refractivity contribution in [3.8, 4) is 0 Å². The van der Waals surface area contributed by atoms with Crippen molar-refractivity contribution in [3.63, 3.8) is 0 Å². The molecule has 0 aliphatic carbocycles. The van der Waals surface area contributed by atoms with E-state index in [1.807, 2.05) is 13.0 Å². The van der Waals surface area contributed by atoms with E-state index in [9.17, 15) is 18.0 Å². The molecule has 0 aromatic heterocycles.